The molecule has 0 aliphatic carbocycles. The van der Waals surface area contributed by atoms with Crippen molar-refractivity contribution in [3.05, 3.63) is 65.7 Å². The molecule has 27 heavy (non-hydrogen) atoms. The Hall–Kier alpha value is -2.82. The van der Waals surface area contributed by atoms with Gasteiger partial charge in [0.05, 0.1) is 6.61 Å². The largest absolute Gasteiger partial charge is 0.494 e. The normalized spacial score (nSPS) is 13.0. The number of fused-ring (bicyclic) bond motifs is 1. The van der Waals surface area contributed by atoms with Crippen LogP contribution >= 0.6 is 0 Å². The smallest absolute Gasteiger partial charge is 0.224 e. The van der Waals surface area contributed by atoms with Crippen LogP contribution in [0.5, 0.6) is 5.75 Å². The third-order valence-corrected chi connectivity index (χ3v) is 4.70. The molecule has 1 heterocycles. The lowest BCUT2D eigenvalue weighted by molar-refractivity contribution is -0.132. The van der Waals surface area contributed by atoms with Crippen molar-refractivity contribution >= 4 is 11.8 Å². The van der Waals surface area contributed by atoms with Crippen LogP contribution in [0.15, 0.2) is 54.6 Å². The summed E-state index contributed by atoms with van der Waals surface area (Å²) in [6, 6.07) is 17.8. The summed E-state index contributed by atoms with van der Waals surface area (Å²) in [6.07, 6.45) is 2.29. The molecule has 2 amide bonds. The topological polar surface area (TPSA) is 58.6 Å². The van der Waals surface area contributed by atoms with Gasteiger partial charge in [-0.2, -0.15) is 0 Å². The summed E-state index contributed by atoms with van der Waals surface area (Å²) < 4.78 is 5.57. The molecule has 5 heteroatoms. The van der Waals surface area contributed by atoms with Crippen LogP contribution in [0.2, 0.25) is 0 Å². The van der Waals surface area contributed by atoms with Gasteiger partial charge in [0.2, 0.25) is 11.8 Å². The summed E-state index contributed by atoms with van der Waals surface area (Å²) in [4.78, 5) is 26.1. The molecule has 0 saturated heterocycles. The SMILES string of the molecule is O=C(CCCOc1ccccc1)NCCC(=O)N1CCc2ccccc2C1. The Morgan fingerprint density at radius 3 is 2.52 bits per heavy atom. The predicted molar refractivity (Wildman–Crippen MR) is 104 cm³/mol. The number of hydrogen-bond acceptors (Lipinski definition) is 3. The van der Waals surface area contributed by atoms with E-state index < -0.39 is 0 Å². The average Bonchev–Trinajstić information content (AvgIpc) is 2.71. The van der Waals surface area contributed by atoms with Gasteiger partial charge in [0, 0.05) is 32.5 Å². The zero-order chi connectivity index (χ0) is 18.9. The van der Waals surface area contributed by atoms with Gasteiger partial charge in [-0.3, -0.25) is 9.59 Å². The number of carbonyl (C=O) groups excluding carboxylic acids is 2. The highest BCUT2D eigenvalue weighted by Crippen LogP contribution is 2.18. The summed E-state index contributed by atoms with van der Waals surface area (Å²) in [6.45, 7) is 2.30. The van der Waals surface area contributed by atoms with Crippen molar-refractivity contribution in [1.82, 2.24) is 10.2 Å². The van der Waals surface area contributed by atoms with Gasteiger partial charge >= 0.3 is 0 Å². The van der Waals surface area contributed by atoms with E-state index in [9.17, 15) is 9.59 Å². The van der Waals surface area contributed by atoms with Gasteiger partial charge in [-0.15, -0.1) is 0 Å². The second kappa shape index (κ2) is 9.76. The number of benzene rings is 2. The van der Waals surface area contributed by atoms with Gasteiger partial charge in [-0.25, -0.2) is 0 Å². The Morgan fingerprint density at radius 2 is 1.70 bits per heavy atom. The van der Waals surface area contributed by atoms with Gasteiger partial charge in [0.1, 0.15) is 5.75 Å². The van der Waals surface area contributed by atoms with Crippen molar-refractivity contribution in [3.63, 3.8) is 0 Å². The summed E-state index contributed by atoms with van der Waals surface area (Å²) in [5, 5.41) is 2.83. The molecule has 0 saturated carbocycles. The molecule has 142 valence electrons. The second-order valence-corrected chi connectivity index (χ2v) is 6.70. The number of hydrogen-bond donors (Lipinski definition) is 1. The van der Waals surface area contributed by atoms with Crippen LogP contribution in [0, 0.1) is 0 Å². The zero-order valence-electron chi connectivity index (χ0n) is 15.5. The monoisotopic (exact) mass is 366 g/mol. The van der Waals surface area contributed by atoms with Crippen LogP contribution in [0.4, 0.5) is 0 Å². The number of rotatable bonds is 8. The van der Waals surface area contributed by atoms with Crippen LogP contribution in [0.3, 0.4) is 0 Å². The fourth-order valence-corrected chi connectivity index (χ4v) is 3.20. The van der Waals surface area contributed by atoms with Crippen LogP contribution in [-0.2, 0) is 22.6 Å². The quantitative estimate of drug-likeness (QED) is 0.731. The number of carbonyl (C=O) groups is 2. The first-order valence-corrected chi connectivity index (χ1v) is 9.51. The third kappa shape index (κ3) is 5.84. The van der Waals surface area contributed by atoms with Crippen molar-refractivity contribution in [2.24, 2.45) is 0 Å². The summed E-state index contributed by atoms with van der Waals surface area (Å²) in [5.74, 6) is 0.868. The maximum Gasteiger partial charge on any atom is 0.224 e. The van der Waals surface area contributed by atoms with E-state index in [0.717, 1.165) is 18.7 Å². The molecule has 0 aromatic heterocycles. The minimum Gasteiger partial charge on any atom is -0.494 e. The van der Waals surface area contributed by atoms with Crippen LogP contribution < -0.4 is 10.1 Å². The first-order chi connectivity index (χ1) is 13.2. The van der Waals surface area contributed by atoms with Gasteiger partial charge in [-0.1, -0.05) is 42.5 Å². The highest BCUT2D eigenvalue weighted by atomic mass is 16.5. The van der Waals surface area contributed by atoms with Gasteiger partial charge < -0.3 is 15.0 Å². The molecule has 0 unspecified atom stereocenters. The van der Waals surface area contributed by atoms with E-state index in [2.05, 4.69) is 17.4 Å². The highest BCUT2D eigenvalue weighted by Gasteiger charge is 2.19. The highest BCUT2D eigenvalue weighted by molar-refractivity contribution is 5.79. The predicted octanol–water partition coefficient (Wildman–Crippen LogP) is 2.94. The van der Waals surface area contributed by atoms with Gasteiger partial charge in [-0.05, 0) is 36.1 Å². The number of amides is 2. The minimum atomic E-state index is -0.0385. The number of nitrogens with one attached hydrogen (secondary N) is 1. The molecule has 0 atom stereocenters. The van der Waals surface area contributed by atoms with E-state index in [-0.39, 0.29) is 11.8 Å². The molecule has 2 aromatic rings. The van der Waals surface area contributed by atoms with E-state index in [1.165, 1.54) is 11.1 Å². The molecule has 5 nitrogen and oxygen atoms in total. The fraction of sp³-hybridized carbons (Fsp3) is 0.364. The van der Waals surface area contributed by atoms with Crippen molar-refractivity contribution in [3.8, 4) is 5.75 Å². The lowest BCUT2D eigenvalue weighted by atomic mass is 10.00. The third-order valence-electron chi connectivity index (χ3n) is 4.70. The van der Waals surface area contributed by atoms with Gasteiger partial charge in [0.15, 0.2) is 0 Å². The van der Waals surface area contributed by atoms with Crippen LogP contribution in [-0.4, -0.2) is 36.4 Å². The maximum atomic E-state index is 12.4. The first kappa shape index (κ1) is 19.0. The van der Waals surface area contributed by atoms with Crippen LogP contribution in [0.25, 0.3) is 0 Å². The molecule has 3 rings (SSSR count). The molecule has 0 fully saturated rings. The first-order valence-electron chi connectivity index (χ1n) is 9.51. The molecule has 1 aliphatic rings. The minimum absolute atomic E-state index is 0.0385. The molecule has 0 bridgehead atoms. The summed E-state index contributed by atoms with van der Waals surface area (Å²) >= 11 is 0. The lowest BCUT2D eigenvalue weighted by Crippen LogP contribution is -2.38. The molecular weight excluding hydrogens is 340 g/mol. The number of ether oxygens (including phenoxy) is 1. The summed E-state index contributed by atoms with van der Waals surface area (Å²) in [7, 11) is 0. The van der Waals surface area contributed by atoms with Gasteiger partial charge in [0.25, 0.3) is 0 Å². The molecule has 0 spiro atoms. The van der Waals surface area contributed by atoms with E-state index in [1.54, 1.807) is 0 Å². The standard InChI is InChI=1S/C22H26N2O3/c25-21(11-6-16-27-20-9-2-1-3-10-20)23-14-12-22(26)24-15-13-18-7-4-5-8-19(18)17-24/h1-5,7-10H,6,11-17H2,(H,23,25). The van der Waals surface area contributed by atoms with E-state index >= 15 is 0 Å². The molecular formula is C22H26N2O3. The molecule has 2 aromatic carbocycles. The summed E-state index contributed by atoms with van der Waals surface area (Å²) in [5.41, 5.74) is 2.55. The Labute approximate surface area is 160 Å². The van der Waals surface area contributed by atoms with Crippen molar-refractivity contribution < 1.29 is 14.3 Å². The molecule has 1 aliphatic heterocycles. The van der Waals surface area contributed by atoms with Crippen LogP contribution in [0.1, 0.15) is 30.4 Å². The average molecular weight is 366 g/mol. The lowest BCUT2D eigenvalue weighted by Gasteiger charge is -2.29. The molecule has 1 N–H and O–H groups in total. The number of para-hydroxylation sites is 1. The Kier molecular flexibility index (Phi) is 6.85. The zero-order valence-corrected chi connectivity index (χ0v) is 15.5. The number of nitrogens with zero attached hydrogens (tertiary/aromatic N) is 1. The maximum absolute atomic E-state index is 12.4. The van der Waals surface area contributed by atoms with E-state index in [4.69, 9.17) is 4.74 Å². The fourth-order valence-electron chi connectivity index (χ4n) is 3.20. The Morgan fingerprint density at radius 1 is 0.963 bits per heavy atom. The van der Waals surface area contributed by atoms with Crippen molar-refractivity contribution in [2.45, 2.75) is 32.2 Å². The molecule has 0 radical (unpaired) electrons. The second-order valence-electron chi connectivity index (χ2n) is 6.70. The Balaban J connectivity index is 1.29. The van der Waals surface area contributed by atoms with E-state index in [1.807, 2.05) is 47.4 Å². The van der Waals surface area contributed by atoms with Crippen molar-refractivity contribution in [2.75, 3.05) is 19.7 Å². The Bertz CT molecular complexity index is 761. The van der Waals surface area contributed by atoms with E-state index in [0.29, 0.717) is 39.0 Å². The van der Waals surface area contributed by atoms with Crippen molar-refractivity contribution in [1.29, 1.82) is 0 Å².